The first-order valence-electron chi connectivity index (χ1n) is 6.75. The molecule has 0 radical (unpaired) electrons. The predicted molar refractivity (Wildman–Crippen MR) is 74.9 cm³/mol. The Morgan fingerprint density at radius 1 is 1.30 bits per heavy atom. The van der Waals surface area contributed by atoms with Gasteiger partial charge in [-0.2, -0.15) is 0 Å². The summed E-state index contributed by atoms with van der Waals surface area (Å²) in [6, 6.07) is 3.32. The molecule has 0 aliphatic carbocycles. The van der Waals surface area contributed by atoms with Crippen molar-refractivity contribution in [1.82, 2.24) is 5.32 Å². The molecule has 0 aliphatic heterocycles. The number of hydrogen-bond acceptors (Lipinski definition) is 2. The molecule has 1 rings (SSSR count). The van der Waals surface area contributed by atoms with Crippen LogP contribution in [0, 0.1) is 17.0 Å². The Morgan fingerprint density at radius 3 is 2.60 bits per heavy atom. The molecule has 0 atom stereocenters. The van der Waals surface area contributed by atoms with Gasteiger partial charge in [-0.25, -0.2) is 8.78 Å². The van der Waals surface area contributed by atoms with E-state index in [0.29, 0.717) is 13.0 Å². The number of amides is 1. The SMILES string of the molecule is CC(C)(CCN)CCC(=O)NCc1ccc(F)cc1F. The van der Waals surface area contributed by atoms with E-state index in [0.717, 1.165) is 18.9 Å². The fourth-order valence-corrected chi connectivity index (χ4v) is 1.91. The molecule has 0 aromatic heterocycles. The van der Waals surface area contributed by atoms with Crippen molar-refractivity contribution in [3.05, 3.63) is 35.4 Å². The van der Waals surface area contributed by atoms with E-state index in [1.807, 2.05) is 0 Å². The summed E-state index contributed by atoms with van der Waals surface area (Å²) in [5, 5.41) is 2.64. The van der Waals surface area contributed by atoms with E-state index in [1.54, 1.807) is 0 Å². The number of rotatable bonds is 7. The third-order valence-corrected chi connectivity index (χ3v) is 3.34. The summed E-state index contributed by atoms with van der Waals surface area (Å²) in [5.74, 6) is -1.41. The molecule has 0 heterocycles. The first-order chi connectivity index (χ1) is 9.34. The average molecular weight is 284 g/mol. The number of carbonyl (C=O) groups excluding carboxylic acids is 1. The van der Waals surface area contributed by atoms with Gasteiger partial charge in [0.25, 0.3) is 0 Å². The highest BCUT2D eigenvalue weighted by Crippen LogP contribution is 2.25. The lowest BCUT2D eigenvalue weighted by molar-refractivity contribution is -0.121. The lowest BCUT2D eigenvalue weighted by Crippen LogP contribution is -2.26. The van der Waals surface area contributed by atoms with Gasteiger partial charge in [-0.1, -0.05) is 19.9 Å². The maximum absolute atomic E-state index is 13.4. The smallest absolute Gasteiger partial charge is 0.220 e. The summed E-state index contributed by atoms with van der Waals surface area (Å²) in [4.78, 5) is 11.7. The van der Waals surface area contributed by atoms with E-state index < -0.39 is 11.6 Å². The van der Waals surface area contributed by atoms with Crippen LogP contribution in [0.2, 0.25) is 0 Å². The van der Waals surface area contributed by atoms with Crippen LogP contribution in [0.25, 0.3) is 0 Å². The number of halogens is 2. The highest BCUT2D eigenvalue weighted by Gasteiger charge is 2.18. The van der Waals surface area contributed by atoms with Crippen molar-refractivity contribution < 1.29 is 13.6 Å². The minimum Gasteiger partial charge on any atom is -0.352 e. The molecular weight excluding hydrogens is 262 g/mol. The second kappa shape index (κ2) is 7.33. The topological polar surface area (TPSA) is 55.1 Å². The predicted octanol–water partition coefficient (Wildman–Crippen LogP) is 2.74. The lowest BCUT2D eigenvalue weighted by atomic mass is 9.84. The highest BCUT2D eigenvalue weighted by molar-refractivity contribution is 5.75. The van der Waals surface area contributed by atoms with Gasteiger partial charge >= 0.3 is 0 Å². The van der Waals surface area contributed by atoms with Crippen LogP contribution in [0.1, 0.15) is 38.7 Å². The van der Waals surface area contributed by atoms with E-state index in [1.165, 1.54) is 12.1 Å². The van der Waals surface area contributed by atoms with Crippen molar-refractivity contribution in [1.29, 1.82) is 0 Å². The summed E-state index contributed by atoms with van der Waals surface area (Å²) in [5.41, 5.74) is 5.81. The Balaban J connectivity index is 2.40. The minimum absolute atomic E-state index is 0.0210. The quantitative estimate of drug-likeness (QED) is 0.809. The Hall–Kier alpha value is -1.49. The van der Waals surface area contributed by atoms with Gasteiger partial charge in [-0.05, 0) is 30.9 Å². The Morgan fingerprint density at radius 2 is 2.00 bits per heavy atom. The molecule has 0 aliphatic rings. The van der Waals surface area contributed by atoms with E-state index in [-0.39, 0.29) is 23.4 Å². The molecule has 1 amide bonds. The van der Waals surface area contributed by atoms with E-state index in [9.17, 15) is 13.6 Å². The molecule has 0 saturated heterocycles. The largest absolute Gasteiger partial charge is 0.352 e. The fourth-order valence-electron chi connectivity index (χ4n) is 1.91. The third-order valence-electron chi connectivity index (χ3n) is 3.34. The van der Waals surface area contributed by atoms with Crippen molar-refractivity contribution in [2.24, 2.45) is 11.1 Å². The highest BCUT2D eigenvalue weighted by atomic mass is 19.1. The van der Waals surface area contributed by atoms with Crippen molar-refractivity contribution in [3.63, 3.8) is 0 Å². The van der Waals surface area contributed by atoms with Gasteiger partial charge in [0.2, 0.25) is 5.91 Å². The van der Waals surface area contributed by atoms with Gasteiger partial charge in [0, 0.05) is 24.6 Å². The lowest BCUT2D eigenvalue weighted by Gasteiger charge is -2.23. The number of benzene rings is 1. The van der Waals surface area contributed by atoms with Crippen molar-refractivity contribution in [2.45, 2.75) is 39.7 Å². The van der Waals surface area contributed by atoms with E-state index in [4.69, 9.17) is 5.73 Å². The second-order valence-corrected chi connectivity index (χ2v) is 5.72. The normalized spacial score (nSPS) is 11.4. The van der Waals surface area contributed by atoms with Crippen LogP contribution in [-0.2, 0) is 11.3 Å². The van der Waals surface area contributed by atoms with Crippen LogP contribution in [0.3, 0.4) is 0 Å². The van der Waals surface area contributed by atoms with Crippen molar-refractivity contribution in [2.75, 3.05) is 6.54 Å². The van der Waals surface area contributed by atoms with Gasteiger partial charge in [0.1, 0.15) is 11.6 Å². The fraction of sp³-hybridized carbons (Fsp3) is 0.533. The molecule has 0 fully saturated rings. The van der Waals surface area contributed by atoms with Crippen LogP contribution in [0.5, 0.6) is 0 Å². The second-order valence-electron chi connectivity index (χ2n) is 5.72. The maximum Gasteiger partial charge on any atom is 0.220 e. The third kappa shape index (κ3) is 5.65. The summed E-state index contributed by atoms with van der Waals surface area (Å²) in [7, 11) is 0. The summed E-state index contributed by atoms with van der Waals surface area (Å²) >= 11 is 0. The Labute approximate surface area is 118 Å². The summed E-state index contributed by atoms with van der Waals surface area (Å²) < 4.78 is 26.1. The first-order valence-corrected chi connectivity index (χ1v) is 6.75. The van der Waals surface area contributed by atoms with Crippen molar-refractivity contribution >= 4 is 5.91 Å². The van der Waals surface area contributed by atoms with Gasteiger partial charge in [-0.15, -0.1) is 0 Å². The molecule has 0 saturated carbocycles. The van der Waals surface area contributed by atoms with Gasteiger partial charge in [0.15, 0.2) is 0 Å². The molecule has 0 bridgehead atoms. The molecule has 0 spiro atoms. The first kappa shape index (κ1) is 16.6. The minimum atomic E-state index is -0.645. The Kier molecular flexibility index (Phi) is 6.07. The zero-order chi connectivity index (χ0) is 15.2. The van der Waals surface area contributed by atoms with Gasteiger partial charge in [-0.3, -0.25) is 4.79 Å². The van der Waals surface area contributed by atoms with Gasteiger partial charge in [0.05, 0.1) is 0 Å². The molecular formula is C15H22F2N2O. The molecule has 5 heteroatoms. The van der Waals surface area contributed by atoms with Crippen molar-refractivity contribution in [3.8, 4) is 0 Å². The zero-order valence-electron chi connectivity index (χ0n) is 12.0. The van der Waals surface area contributed by atoms with Crippen LogP contribution in [0.15, 0.2) is 18.2 Å². The summed E-state index contributed by atoms with van der Waals surface area (Å²) in [6.45, 7) is 4.79. The van der Waals surface area contributed by atoms with Crippen LogP contribution in [0.4, 0.5) is 8.78 Å². The molecule has 0 unspecified atom stereocenters. The zero-order valence-corrected chi connectivity index (χ0v) is 12.0. The molecule has 3 N–H and O–H groups in total. The van der Waals surface area contributed by atoms with E-state index >= 15 is 0 Å². The number of nitrogens with one attached hydrogen (secondary N) is 1. The van der Waals surface area contributed by atoms with Crippen LogP contribution in [-0.4, -0.2) is 12.5 Å². The molecule has 20 heavy (non-hydrogen) atoms. The number of nitrogens with two attached hydrogens (primary N) is 1. The van der Waals surface area contributed by atoms with Gasteiger partial charge < -0.3 is 11.1 Å². The summed E-state index contributed by atoms with van der Waals surface area (Å²) in [6.07, 6.45) is 1.95. The average Bonchev–Trinajstić information content (AvgIpc) is 2.35. The molecule has 112 valence electrons. The maximum atomic E-state index is 13.4. The van der Waals surface area contributed by atoms with Crippen LogP contribution >= 0.6 is 0 Å². The number of carbonyl (C=O) groups is 1. The number of hydrogen-bond donors (Lipinski definition) is 2. The Bertz CT molecular complexity index is 461. The van der Waals surface area contributed by atoms with E-state index in [2.05, 4.69) is 19.2 Å². The molecule has 1 aromatic carbocycles. The van der Waals surface area contributed by atoms with Crippen LogP contribution < -0.4 is 11.1 Å². The molecule has 1 aromatic rings. The monoisotopic (exact) mass is 284 g/mol. The molecule has 3 nitrogen and oxygen atoms in total. The standard InChI is InChI=1S/C15H22F2N2O/c1-15(2,7-8-18)6-5-14(20)19-10-11-3-4-12(16)9-13(11)17/h3-4,9H,5-8,10,18H2,1-2H3,(H,19,20).